The van der Waals surface area contributed by atoms with Gasteiger partial charge in [-0.15, -0.1) is 0 Å². The summed E-state index contributed by atoms with van der Waals surface area (Å²) in [6.45, 7) is 1.72. The average molecular weight is 437 g/mol. The molecule has 1 aliphatic heterocycles. The van der Waals surface area contributed by atoms with Gasteiger partial charge in [0.05, 0.1) is 17.1 Å². The molecule has 32 heavy (non-hydrogen) atoms. The van der Waals surface area contributed by atoms with Crippen LogP contribution in [0, 0.1) is 5.82 Å². The van der Waals surface area contributed by atoms with E-state index in [4.69, 9.17) is 9.97 Å². The van der Waals surface area contributed by atoms with Crippen molar-refractivity contribution in [1.82, 2.24) is 28.7 Å². The number of aliphatic hydroxyl groups is 1. The number of aliphatic hydroxyl groups excluding tert-OH is 1. The number of benzene rings is 1. The minimum Gasteiger partial charge on any atom is -0.393 e. The van der Waals surface area contributed by atoms with Gasteiger partial charge < -0.3 is 10.0 Å². The van der Waals surface area contributed by atoms with Crippen molar-refractivity contribution in [3.05, 3.63) is 40.8 Å². The minimum absolute atomic E-state index is 0.0291. The van der Waals surface area contributed by atoms with Crippen LogP contribution in [0.25, 0.3) is 28.1 Å². The highest BCUT2D eigenvalue weighted by Gasteiger charge is 2.30. The summed E-state index contributed by atoms with van der Waals surface area (Å²) in [6, 6.07) is 4.39. The molecule has 0 spiro atoms. The molecule has 0 bridgehead atoms. The van der Waals surface area contributed by atoms with Crippen molar-refractivity contribution in [2.45, 2.75) is 44.2 Å². The van der Waals surface area contributed by atoms with Gasteiger partial charge in [0.15, 0.2) is 11.5 Å². The van der Waals surface area contributed by atoms with Crippen molar-refractivity contribution in [1.29, 1.82) is 0 Å². The summed E-state index contributed by atoms with van der Waals surface area (Å²) in [6.07, 6.45) is 5.11. The van der Waals surface area contributed by atoms with E-state index in [9.17, 15) is 14.3 Å². The second-order valence-electron chi connectivity index (χ2n) is 8.78. The first-order chi connectivity index (χ1) is 15.5. The van der Waals surface area contributed by atoms with Gasteiger partial charge in [-0.05, 0) is 44.2 Å². The number of anilines is 1. The molecule has 2 fully saturated rings. The highest BCUT2D eigenvalue weighted by Crippen LogP contribution is 2.33. The Morgan fingerprint density at radius 1 is 1.12 bits per heavy atom. The zero-order chi connectivity index (χ0) is 22.0. The Labute approximate surface area is 182 Å². The number of nitrogens with zero attached hydrogens (tertiary/aromatic N) is 7. The van der Waals surface area contributed by atoms with Crippen LogP contribution in [-0.2, 0) is 7.05 Å². The van der Waals surface area contributed by atoms with Gasteiger partial charge in [-0.2, -0.15) is 9.97 Å². The maximum Gasteiger partial charge on any atom is 0.330 e. The quantitative estimate of drug-likeness (QED) is 0.529. The lowest BCUT2D eigenvalue weighted by Gasteiger charge is -2.32. The van der Waals surface area contributed by atoms with Crippen LogP contribution in [0.1, 0.15) is 38.1 Å². The third-order valence-corrected chi connectivity index (χ3v) is 6.80. The molecule has 1 N–H and O–H groups in total. The molecule has 0 radical (unpaired) electrons. The average Bonchev–Trinajstić information content (AvgIpc) is 3.26. The van der Waals surface area contributed by atoms with Crippen molar-refractivity contribution in [2.75, 3.05) is 18.0 Å². The Kier molecular flexibility index (Phi) is 4.32. The predicted octanol–water partition coefficient (Wildman–Crippen LogP) is 2.29. The third-order valence-electron chi connectivity index (χ3n) is 6.80. The smallest absolute Gasteiger partial charge is 0.330 e. The number of hydrogen-bond donors (Lipinski definition) is 1. The SMILES string of the molecule is Cn1c(=O)n([C@H]2CC[C@H](O)CC2)c2nc(-n3cnc4ccc(F)cc43)nc(N3CCC3)c21. The number of halogens is 1. The second-order valence-corrected chi connectivity index (χ2v) is 8.78. The summed E-state index contributed by atoms with van der Waals surface area (Å²) in [5, 5.41) is 9.94. The summed E-state index contributed by atoms with van der Waals surface area (Å²) in [5.41, 5.74) is 2.37. The number of rotatable bonds is 3. The van der Waals surface area contributed by atoms with Crippen LogP contribution < -0.4 is 10.6 Å². The molecule has 166 valence electrons. The molecule has 4 aromatic rings. The van der Waals surface area contributed by atoms with Gasteiger partial charge in [0, 0.05) is 32.2 Å². The van der Waals surface area contributed by atoms with E-state index in [1.54, 1.807) is 33.1 Å². The lowest BCUT2D eigenvalue weighted by atomic mass is 9.93. The topological polar surface area (TPSA) is 94.0 Å². The molecule has 0 unspecified atom stereocenters. The fourth-order valence-electron chi connectivity index (χ4n) is 4.88. The van der Waals surface area contributed by atoms with Gasteiger partial charge >= 0.3 is 5.69 Å². The maximum absolute atomic E-state index is 14.0. The van der Waals surface area contributed by atoms with Gasteiger partial charge in [-0.1, -0.05) is 0 Å². The second kappa shape index (κ2) is 7.13. The van der Waals surface area contributed by atoms with Crippen molar-refractivity contribution in [3.63, 3.8) is 0 Å². The lowest BCUT2D eigenvalue weighted by Crippen LogP contribution is -2.38. The van der Waals surface area contributed by atoms with Crippen LogP contribution in [0.15, 0.2) is 29.3 Å². The van der Waals surface area contributed by atoms with Crippen LogP contribution in [0.3, 0.4) is 0 Å². The summed E-state index contributed by atoms with van der Waals surface area (Å²) >= 11 is 0. The van der Waals surface area contributed by atoms with Crippen LogP contribution in [0.2, 0.25) is 0 Å². The van der Waals surface area contributed by atoms with Gasteiger partial charge in [-0.25, -0.2) is 14.2 Å². The first kappa shape index (κ1) is 19.4. The predicted molar refractivity (Wildman–Crippen MR) is 118 cm³/mol. The summed E-state index contributed by atoms with van der Waals surface area (Å²) in [7, 11) is 1.76. The fourth-order valence-corrected chi connectivity index (χ4v) is 4.88. The molecule has 6 rings (SSSR count). The van der Waals surface area contributed by atoms with E-state index in [0.29, 0.717) is 46.8 Å². The van der Waals surface area contributed by atoms with E-state index in [-0.39, 0.29) is 23.7 Å². The fraction of sp³-hybridized carbons (Fsp3) is 0.455. The molecule has 0 amide bonds. The van der Waals surface area contributed by atoms with Crippen LogP contribution >= 0.6 is 0 Å². The van der Waals surface area contributed by atoms with Crippen molar-refractivity contribution < 1.29 is 9.50 Å². The molecule has 1 saturated carbocycles. The van der Waals surface area contributed by atoms with E-state index in [0.717, 1.165) is 32.4 Å². The molecule has 4 heterocycles. The van der Waals surface area contributed by atoms with Crippen molar-refractivity contribution >= 4 is 28.0 Å². The minimum atomic E-state index is -0.360. The van der Waals surface area contributed by atoms with E-state index in [1.165, 1.54) is 12.1 Å². The molecule has 9 nitrogen and oxygen atoms in total. The molecule has 1 aromatic carbocycles. The normalized spacial score (nSPS) is 21.4. The summed E-state index contributed by atoms with van der Waals surface area (Å²) in [5.74, 6) is 0.715. The highest BCUT2D eigenvalue weighted by molar-refractivity contribution is 5.86. The van der Waals surface area contributed by atoms with Gasteiger partial charge in [-0.3, -0.25) is 13.7 Å². The lowest BCUT2D eigenvalue weighted by molar-refractivity contribution is 0.110. The van der Waals surface area contributed by atoms with Gasteiger partial charge in [0.25, 0.3) is 0 Å². The Morgan fingerprint density at radius 2 is 1.91 bits per heavy atom. The molecular formula is C22H24FN7O2. The van der Waals surface area contributed by atoms with Crippen LogP contribution in [-0.4, -0.2) is 53.0 Å². The Balaban J connectivity index is 1.61. The van der Waals surface area contributed by atoms with Crippen LogP contribution in [0.4, 0.5) is 10.2 Å². The Morgan fingerprint density at radius 3 is 2.62 bits per heavy atom. The first-order valence-electron chi connectivity index (χ1n) is 11.1. The van der Waals surface area contributed by atoms with E-state index in [2.05, 4.69) is 9.88 Å². The number of fused-ring (bicyclic) bond motifs is 2. The monoisotopic (exact) mass is 437 g/mol. The standard InChI is InChI=1S/C22H24FN7O2/c1-27-18-19(28-9-2-10-28)25-21(29-12-24-16-8-3-13(23)11-17(16)29)26-20(18)30(22(27)32)14-4-6-15(31)7-5-14/h3,8,11-12,14-15,31H,2,4-7,9-10H2,1H3/t14-,15-. The number of hydrogen-bond acceptors (Lipinski definition) is 6. The van der Waals surface area contributed by atoms with Crippen LogP contribution in [0.5, 0.6) is 0 Å². The zero-order valence-electron chi connectivity index (χ0n) is 17.8. The van der Waals surface area contributed by atoms with E-state index >= 15 is 0 Å². The van der Waals surface area contributed by atoms with Gasteiger partial charge in [0.2, 0.25) is 5.95 Å². The summed E-state index contributed by atoms with van der Waals surface area (Å²) in [4.78, 5) is 29.5. The first-order valence-corrected chi connectivity index (χ1v) is 11.1. The zero-order valence-corrected chi connectivity index (χ0v) is 17.8. The Bertz CT molecular complexity index is 1390. The van der Waals surface area contributed by atoms with Gasteiger partial charge in [0.1, 0.15) is 17.7 Å². The third kappa shape index (κ3) is 2.85. The molecule has 3 aromatic heterocycles. The number of imidazole rings is 2. The largest absolute Gasteiger partial charge is 0.393 e. The molecule has 1 saturated heterocycles. The molecule has 1 aliphatic carbocycles. The molecule has 10 heteroatoms. The molecular weight excluding hydrogens is 413 g/mol. The highest BCUT2D eigenvalue weighted by atomic mass is 19.1. The number of aromatic nitrogens is 6. The molecule has 2 aliphatic rings. The maximum atomic E-state index is 14.0. The molecule has 0 atom stereocenters. The van der Waals surface area contributed by atoms with Crippen molar-refractivity contribution in [2.24, 2.45) is 7.05 Å². The summed E-state index contributed by atoms with van der Waals surface area (Å²) < 4.78 is 19.0. The number of aryl methyl sites for hydroxylation is 1. The van der Waals surface area contributed by atoms with Crippen molar-refractivity contribution in [3.8, 4) is 5.95 Å². The Hall–Kier alpha value is -3.27. The van der Waals surface area contributed by atoms with E-state index < -0.39 is 0 Å². The van der Waals surface area contributed by atoms with E-state index in [1.807, 2.05) is 0 Å².